The third-order valence-electron chi connectivity index (χ3n) is 1.94. The molecule has 0 fully saturated rings. The first-order valence-electron chi connectivity index (χ1n) is 4.34. The summed E-state index contributed by atoms with van der Waals surface area (Å²) in [6.45, 7) is 5.83. The van der Waals surface area contributed by atoms with Crippen LogP contribution in [-0.2, 0) is 6.42 Å². The van der Waals surface area contributed by atoms with Gasteiger partial charge in [0.05, 0.1) is 0 Å². The molecule has 1 aromatic rings. The van der Waals surface area contributed by atoms with E-state index in [-0.39, 0.29) is 0 Å². The van der Waals surface area contributed by atoms with E-state index >= 15 is 0 Å². The van der Waals surface area contributed by atoms with Gasteiger partial charge in [-0.2, -0.15) is 0 Å². The van der Waals surface area contributed by atoms with Gasteiger partial charge in [-0.05, 0) is 25.0 Å². The molecule has 1 rings (SSSR count). The van der Waals surface area contributed by atoms with E-state index in [1.165, 1.54) is 11.1 Å². The first kappa shape index (κ1) is 10.3. The summed E-state index contributed by atoms with van der Waals surface area (Å²) in [6.07, 6.45) is 9.08. The Balaban J connectivity index is 3.02. The topological polar surface area (TPSA) is 15.8 Å². The maximum atomic E-state index is 3.82. The Bertz CT molecular complexity index is 310. The van der Waals surface area contributed by atoms with Crippen LogP contribution < -0.4 is 0 Å². The zero-order chi connectivity index (χ0) is 9.68. The number of hydrogen-bond acceptors (Lipinski definition) is 0. The van der Waals surface area contributed by atoms with Crippen molar-refractivity contribution in [1.29, 1.82) is 0 Å². The summed E-state index contributed by atoms with van der Waals surface area (Å²) < 4.78 is 0. The molecule has 0 amide bonds. The summed E-state index contributed by atoms with van der Waals surface area (Å²) >= 11 is 3.43. The fourth-order valence-corrected chi connectivity index (χ4v) is 1.77. The van der Waals surface area contributed by atoms with Gasteiger partial charge in [-0.15, -0.1) is 0 Å². The van der Waals surface area contributed by atoms with Gasteiger partial charge < -0.3 is 4.98 Å². The van der Waals surface area contributed by atoms with Gasteiger partial charge in [0.15, 0.2) is 0 Å². The van der Waals surface area contributed by atoms with Crippen LogP contribution in [0, 0.1) is 0 Å². The van der Waals surface area contributed by atoms with Gasteiger partial charge >= 0.3 is 0 Å². The second-order valence-corrected chi connectivity index (χ2v) is 3.58. The zero-order valence-electron chi connectivity index (χ0n) is 7.81. The molecule has 0 atom stereocenters. The number of H-pyrrole nitrogens is 1. The monoisotopic (exact) mass is 239 g/mol. The zero-order valence-corrected chi connectivity index (χ0v) is 9.39. The molecule has 0 aliphatic carbocycles. The van der Waals surface area contributed by atoms with Gasteiger partial charge in [0.1, 0.15) is 0 Å². The number of rotatable bonds is 4. The summed E-state index contributed by atoms with van der Waals surface area (Å²) in [6, 6.07) is 0. The lowest BCUT2D eigenvalue weighted by Crippen LogP contribution is -1.85. The Hall–Kier alpha value is -0.760. The van der Waals surface area contributed by atoms with Crippen LogP contribution in [-0.4, -0.2) is 10.3 Å². The highest BCUT2D eigenvalue weighted by Gasteiger charge is 2.04. The molecule has 2 heteroatoms. The Morgan fingerprint density at radius 1 is 1.62 bits per heavy atom. The van der Waals surface area contributed by atoms with Crippen molar-refractivity contribution in [2.45, 2.75) is 13.3 Å². The van der Waals surface area contributed by atoms with E-state index in [9.17, 15) is 0 Å². The molecule has 1 aromatic heterocycles. The van der Waals surface area contributed by atoms with E-state index in [0.29, 0.717) is 0 Å². The van der Waals surface area contributed by atoms with Crippen molar-refractivity contribution in [2.75, 3.05) is 5.33 Å². The molecular formula is C11H14BrN. The summed E-state index contributed by atoms with van der Waals surface area (Å²) in [5.74, 6) is 0. The maximum Gasteiger partial charge on any atom is 0.0453 e. The van der Waals surface area contributed by atoms with Gasteiger partial charge in [-0.1, -0.05) is 34.7 Å². The van der Waals surface area contributed by atoms with Crippen LogP contribution in [0.2, 0.25) is 0 Å². The molecule has 0 aromatic carbocycles. The second-order valence-electron chi connectivity index (χ2n) is 2.78. The fourth-order valence-electron chi connectivity index (χ4n) is 1.35. The van der Waals surface area contributed by atoms with E-state index in [1.54, 1.807) is 0 Å². The molecule has 0 saturated carbocycles. The summed E-state index contributed by atoms with van der Waals surface area (Å²) in [7, 11) is 0. The fraction of sp³-hybridized carbons (Fsp3) is 0.273. The molecule has 0 bridgehead atoms. The number of aromatic nitrogens is 1. The van der Waals surface area contributed by atoms with Gasteiger partial charge in [-0.25, -0.2) is 0 Å². The van der Waals surface area contributed by atoms with Crippen LogP contribution >= 0.6 is 15.9 Å². The number of halogens is 1. The molecule has 13 heavy (non-hydrogen) atoms. The SMILES string of the molecule is C=Cc1c(CCBr)c[nH]c1/C=C\C. The van der Waals surface area contributed by atoms with Crippen LogP contribution in [0.4, 0.5) is 0 Å². The Labute approximate surface area is 87.7 Å². The molecular weight excluding hydrogens is 226 g/mol. The number of alkyl halides is 1. The van der Waals surface area contributed by atoms with Crippen LogP contribution in [0.5, 0.6) is 0 Å². The lowest BCUT2D eigenvalue weighted by atomic mass is 10.1. The highest BCUT2D eigenvalue weighted by molar-refractivity contribution is 9.09. The average molecular weight is 240 g/mol. The third-order valence-corrected chi connectivity index (χ3v) is 2.34. The average Bonchev–Trinajstić information content (AvgIpc) is 2.49. The molecule has 1 heterocycles. The van der Waals surface area contributed by atoms with Crippen molar-refractivity contribution in [2.24, 2.45) is 0 Å². The van der Waals surface area contributed by atoms with Crippen molar-refractivity contribution in [3.63, 3.8) is 0 Å². The molecule has 0 aliphatic heterocycles. The lowest BCUT2D eigenvalue weighted by Gasteiger charge is -1.96. The van der Waals surface area contributed by atoms with E-state index in [0.717, 1.165) is 17.4 Å². The smallest absolute Gasteiger partial charge is 0.0453 e. The molecule has 0 aliphatic rings. The standard InChI is InChI=1S/C11H14BrN/c1-3-5-11-10(4-2)9(6-7-12)8-13-11/h3-5,8,13H,2,6-7H2,1H3/b5-3-. The van der Waals surface area contributed by atoms with Gasteiger partial charge in [0.2, 0.25) is 0 Å². The van der Waals surface area contributed by atoms with Gasteiger partial charge in [0, 0.05) is 22.8 Å². The Morgan fingerprint density at radius 2 is 2.38 bits per heavy atom. The van der Waals surface area contributed by atoms with Crippen LogP contribution in [0.15, 0.2) is 18.9 Å². The molecule has 0 spiro atoms. The normalized spacial score (nSPS) is 10.9. The number of nitrogens with one attached hydrogen (secondary N) is 1. The first-order valence-corrected chi connectivity index (χ1v) is 5.47. The minimum atomic E-state index is 0.987. The highest BCUT2D eigenvalue weighted by atomic mass is 79.9. The van der Waals surface area contributed by atoms with Gasteiger partial charge in [-0.3, -0.25) is 0 Å². The predicted molar refractivity (Wildman–Crippen MR) is 63.1 cm³/mol. The first-order chi connectivity index (χ1) is 6.33. The van der Waals surface area contributed by atoms with Crippen molar-refractivity contribution < 1.29 is 0 Å². The van der Waals surface area contributed by atoms with E-state index in [2.05, 4.69) is 33.6 Å². The Morgan fingerprint density at radius 3 is 2.92 bits per heavy atom. The minimum Gasteiger partial charge on any atom is -0.361 e. The van der Waals surface area contributed by atoms with E-state index in [1.807, 2.05) is 25.3 Å². The Kier molecular flexibility index (Phi) is 4.03. The summed E-state index contributed by atoms with van der Waals surface area (Å²) in [5.41, 5.74) is 3.69. The highest BCUT2D eigenvalue weighted by Crippen LogP contribution is 2.18. The van der Waals surface area contributed by atoms with E-state index in [4.69, 9.17) is 0 Å². The predicted octanol–water partition coefficient (Wildman–Crippen LogP) is 3.63. The lowest BCUT2D eigenvalue weighted by molar-refractivity contribution is 1.17. The molecule has 1 N–H and O–H groups in total. The molecule has 0 unspecified atom stereocenters. The van der Waals surface area contributed by atoms with Crippen molar-refractivity contribution in [3.8, 4) is 0 Å². The molecule has 0 radical (unpaired) electrons. The van der Waals surface area contributed by atoms with Crippen molar-refractivity contribution in [3.05, 3.63) is 35.7 Å². The summed E-state index contributed by atoms with van der Waals surface area (Å²) in [5, 5.41) is 0.987. The maximum absolute atomic E-state index is 3.82. The number of hydrogen-bond donors (Lipinski definition) is 1. The summed E-state index contributed by atoms with van der Waals surface area (Å²) in [4.78, 5) is 3.23. The molecule has 1 nitrogen and oxygen atoms in total. The van der Waals surface area contributed by atoms with Gasteiger partial charge in [0.25, 0.3) is 0 Å². The van der Waals surface area contributed by atoms with Crippen molar-refractivity contribution >= 4 is 28.1 Å². The number of aryl methyl sites for hydroxylation is 1. The minimum absolute atomic E-state index is 0.987. The number of allylic oxidation sites excluding steroid dienone is 1. The van der Waals surface area contributed by atoms with Crippen molar-refractivity contribution in [1.82, 2.24) is 4.98 Å². The molecule has 0 saturated heterocycles. The van der Waals surface area contributed by atoms with Crippen LogP contribution in [0.25, 0.3) is 12.2 Å². The quantitative estimate of drug-likeness (QED) is 0.773. The van der Waals surface area contributed by atoms with E-state index < -0.39 is 0 Å². The van der Waals surface area contributed by atoms with Crippen LogP contribution in [0.3, 0.4) is 0 Å². The second kappa shape index (κ2) is 5.07. The largest absolute Gasteiger partial charge is 0.361 e. The molecule has 70 valence electrons. The third kappa shape index (κ3) is 2.34. The van der Waals surface area contributed by atoms with Crippen LogP contribution in [0.1, 0.15) is 23.7 Å². The number of aromatic amines is 1.